The Bertz CT molecular complexity index is 812. The van der Waals surface area contributed by atoms with Crippen molar-refractivity contribution in [2.45, 2.75) is 6.92 Å². The smallest absolute Gasteiger partial charge is 0.259 e. The van der Waals surface area contributed by atoms with Crippen LogP contribution >= 0.6 is 22.6 Å². The summed E-state index contributed by atoms with van der Waals surface area (Å²) in [5.74, 6) is -0.151. The molecule has 0 aliphatic heterocycles. The molecule has 5 heteroatoms. The topological polar surface area (TPSA) is 46.9 Å². The molecule has 1 heterocycles. The molecule has 2 aromatic carbocycles. The van der Waals surface area contributed by atoms with Gasteiger partial charge in [-0.15, -0.1) is 0 Å². The highest BCUT2D eigenvalue weighted by molar-refractivity contribution is 14.1. The zero-order valence-electron chi connectivity index (χ0n) is 12.0. The summed E-state index contributed by atoms with van der Waals surface area (Å²) in [4.78, 5) is 12.4. The van der Waals surface area contributed by atoms with Crippen LogP contribution in [-0.2, 0) is 0 Å². The Kier molecular flexibility index (Phi) is 4.24. The number of hydrogen-bond donors (Lipinski definition) is 1. The Morgan fingerprint density at radius 1 is 1.14 bits per heavy atom. The van der Waals surface area contributed by atoms with Crippen LogP contribution in [0, 0.1) is 10.5 Å². The second-order valence-corrected chi connectivity index (χ2v) is 6.10. The lowest BCUT2D eigenvalue weighted by Gasteiger charge is -2.07. The summed E-state index contributed by atoms with van der Waals surface area (Å²) in [6.07, 6.45) is 1.60. The lowest BCUT2D eigenvalue weighted by atomic mass is 10.2. The minimum absolute atomic E-state index is 0.151. The molecule has 0 radical (unpaired) electrons. The van der Waals surface area contributed by atoms with E-state index in [-0.39, 0.29) is 5.91 Å². The van der Waals surface area contributed by atoms with Gasteiger partial charge in [0.15, 0.2) is 0 Å². The lowest BCUT2D eigenvalue weighted by Crippen LogP contribution is -2.13. The summed E-state index contributed by atoms with van der Waals surface area (Å²) in [5, 5.41) is 7.23. The van der Waals surface area contributed by atoms with Gasteiger partial charge in [0.05, 0.1) is 23.1 Å². The number of benzene rings is 2. The van der Waals surface area contributed by atoms with Crippen LogP contribution in [0.1, 0.15) is 16.1 Å². The molecule has 0 aliphatic carbocycles. The molecule has 0 unspecified atom stereocenters. The average molecular weight is 403 g/mol. The summed E-state index contributed by atoms with van der Waals surface area (Å²) in [5.41, 5.74) is 3.11. The summed E-state index contributed by atoms with van der Waals surface area (Å²) >= 11 is 2.22. The minimum Gasteiger partial charge on any atom is -0.322 e. The number of nitrogens with zero attached hydrogens (tertiary/aromatic N) is 2. The van der Waals surface area contributed by atoms with Gasteiger partial charge in [-0.2, -0.15) is 5.10 Å². The van der Waals surface area contributed by atoms with Crippen molar-refractivity contribution in [3.05, 3.63) is 75.6 Å². The molecule has 0 bridgehead atoms. The number of para-hydroxylation sites is 1. The molecule has 22 heavy (non-hydrogen) atoms. The van der Waals surface area contributed by atoms with Crippen LogP contribution in [0.4, 0.5) is 5.69 Å². The van der Waals surface area contributed by atoms with Gasteiger partial charge in [-0.25, -0.2) is 4.68 Å². The number of halogens is 1. The fourth-order valence-electron chi connectivity index (χ4n) is 2.23. The zero-order valence-corrected chi connectivity index (χ0v) is 14.1. The van der Waals surface area contributed by atoms with Gasteiger partial charge in [-0.3, -0.25) is 4.79 Å². The highest BCUT2D eigenvalue weighted by Gasteiger charge is 2.15. The number of carbonyl (C=O) groups excluding carboxylic acids is 1. The van der Waals surface area contributed by atoms with Crippen LogP contribution in [0.5, 0.6) is 0 Å². The molecule has 0 aliphatic rings. The van der Waals surface area contributed by atoms with Crippen molar-refractivity contribution in [2.24, 2.45) is 0 Å². The standard InChI is InChI=1S/C17H14IN3O/c1-12-16(11-19-21(12)15-8-3-2-4-9-15)17(22)20-14-7-5-6-13(18)10-14/h2-11H,1H3,(H,20,22). The van der Waals surface area contributed by atoms with E-state index in [4.69, 9.17) is 0 Å². The summed E-state index contributed by atoms with van der Waals surface area (Å²) in [6.45, 7) is 1.89. The lowest BCUT2D eigenvalue weighted by molar-refractivity contribution is 0.102. The van der Waals surface area contributed by atoms with E-state index in [0.717, 1.165) is 20.6 Å². The summed E-state index contributed by atoms with van der Waals surface area (Å²) in [6, 6.07) is 17.5. The number of hydrogen-bond acceptors (Lipinski definition) is 2. The van der Waals surface area contributed by atoms with E-state index in [1.807, 2.05) is 61.5 Å². The van der Waals surface area contributed by atoms with Crippen molar-refractivity contribution >= 4 is 34.2 Å². The Morgan fingerprint density at radius 3 is 2.64 bits per heavy atom. The molecule has 0 saturated heterocycles. The number of nitrogens with one attached hydrogen (secondary N) is 1. The number of anilines is 1. The maximum absolute atomic E-state index is 12.4. The third-order valence-electron chi connectivity index (χ3n) is 3.34. The molecule has 1 N–H and O–H groups in total. The number of amides is 1. The van der Waals surface area contributed by atoms with Crippen LogP contribution < -0.4 is 5.32 Å². The summed E-state index contributed by atoms with van der Waals surface area (Å²) < 4.78 is 2.84. The number of aromatic nitrogens is 2. The van der Waals surface area contributed by atoms with Gasteiger partial charge in [-0.05, 0) is 59.8 Å². The second kappa shape index (κ2) is 6.31. The molecule has 110 valence electrons. The third kappa shape index (κ3) is 3.04. The first-order valence-corrected chi connectivity index (χ1v) is 7.90. The average Bonchev–Trinajstić information content (AvgIpc) is 2.90. The number of rotatable bonds is 3. The fraction of sp³-hybridized carbons (Fsp3) is 0.0588. The molecular weight excluding hydrogens is 389 g/mol. The van der Waals surface area contributed by atoms with Crippen molar-refractivity contribution in [3.8, 4) is 5.69 Å². The Hall–Kier alpha value is -2.15. The van der Waals surface area contributed by atoms with Crippen LogP contribution in [0.3, 0.4) is 0 Å². The van der Waals surface area contributed by atoms with Crippen molar-refractivity contribution in [2.75, 3.05) is 5.32 Å². The number of carbonyl (C=O) groups is 1. The Balaban J connectivity index is 1.87. The molecular formula is C17H14IN3O. The minimum atomic E-state index is -0.151. The maximum atomic E-state index is 12.4. The quantitative estimate of drug-likeness (QED) is 0.672. The first kappa shape index (κ1) is 14.8. The third-order valence-corrected chi connectivity index (χ3v) is 4.01. The van der Waals surface area contributed by atoms with E-state index in [9.17, 15) is 4.79 Å². The highest BCUT2D eigenvalue weighted by atomic mass is 127. The van der Waals surface area contributed by atoms with Crippen molar-refractivity contribution in [1.29, 1.82) is 0 Å². The second-order valence-electron chi connectivity index (χ2n) is 4.86. The molecule has 4 nitrogen and oxygen atoms in total. The fourth-order valence-corrected chi connectivity index (χ4v) is 2.77. The van der Waals surface area contributed by atoms with E-state index < -0.39 is 0 Å². The van der Waals surface area contributed by atoms with Gasteiger partial charge in [0.2, 0.25) is 0 Å². The molecule has 0 saturated carbocycles. The maximum Gasteiger partial charge on any atom is 0.259 e. The molecule has 3 aromatic rings. The van der Waals surface area contributed by atoms with E-state index in [2.05, 4.69) is 33.0 Å². The van der Waals surface area contributed by atoms with E-state index in [1.165, 1.54) is 0 Å². The molecule has 0 atom stereocenters. The molecule has 3 rings (SSSR count). The highest BCUT2D eigenvalue weighted by Crippen LogP contribution is 2.17. The normalized spacial score (nSPS) is 10.5. The van der Waals surface area contributed by atoms with Gasteiger partial charge in [0, 0.05) is 9.26 Å². The van der Waals surface area contributed by atoms with Crippen LogP contribution in [0.15, 0.2) is 60.8 Å². The van der Waals surface area contributed by atoms with Crippen molar-refractivity contribution in [3.63, 3.8) is 0 Å². The van der Waals surface area contributed by atoms with E-state index in [0.29, 0.717) is 5.56 Å². The van der Waals surface area contributed by atoms with Crippen molar-refractivity contribution < 1.29 is 4.79 Å². The SMILES string of the molecule is Cc1c(C(=O)Nc2cccc(I)c2)cnn1-c1ccccc1. The van der Waals surface area contributed by atoms with Gasteiger partial charge >= 0.3 is 0 Å². The molecule has 0 fully saturated rings. The van der Waals surface area contributed by atoms with Crippen LogP contribution in [0.2, 0.25) is 0 Å². The van der Waals surface area contributed by atoms with Gasteiger partial charge < -0.3 is 5.32 Å². The zero-order chi connectivity index (χ0) is 15.5. The predicted molar refractivity (Wildman–Crippen MR) is 95.4 cm³/mol. The van der Waals surface area contributed by atoms with Gasteiger partial charge in [0.1, 0.15) is 0 Å². The van der Waals surface area contributed by atoms with Crippen LogP contribution in [-0.4, -0.2) is 15.7 Å². The molecule has 1 amide bonds. The molecule has 0 spiro atoms. The van der Waals surface area contributed by atoms with E-state index >= 15 is 0 Å². The Labute approximate surface area is 142 Å². The van der Waals surface area contributed by atoms with E-state index in [1.54, 1.807) is 10.9 Å². The van der Waals surface area contributed by atoms with Crippen LogP contribution in [0.25, 0.3) is 5.69 Å². The van der Waals surface area contributed by atoms with Gasteiger partial charge in [-0.1, -0.05) is 24.3 Å². The monoisotopic (exact) mass is 403 g/mol. The Morgan fingerprint density at radius 2 is 1.91 bits per heavy atom. The van der Waals surface area contributed by atoms with Crippen molar-refractivity contribution in [1.82, 2.24) is 9.78 Å². The predicted octanol–water partition coefficient (Wildman–Crippen LogP) is 4.04. The largest absolute Gasteiger partial charge is 0.322 e. The van der Waals surface area contributed by atoms with Gasteiger partial charge in [0.25, 0.3) is 5.91 Å². The first-order valence-electron chi connectivity index (χ1n) is 6.82. The molecule has 1 aromatic heterocycles. The first-order chi connectivity index (χ1) is 10.6. The summed E-state index contributed by atoms with van der Waals surface area (Å²) in [7, 11) is 0.